The highest BCUT2D eigenvalue weighted by Gasteiger charge is 2.29. The first-order chi connectivity index (χ1) is 11.2. The lowest BCUT2D eigenvalue weighted by Crippen LogP contribution is -2.40. The number of anilines is 1. The molecule has 0 saturated carbocycles. The average molecular weight is 306 g/mol. The van der Waals surface area contributed by atoms with E-state index in [0.29, 0.717) is 5.56 Å². The number of amides is 1. The lowest BCUT2D eigenvalue weighted by Gasteiger charge is -2.28. The van der Waals surface area contributed by atoms with Gasteiger partial charge in [0, 0.05) is 6.54 Å². The minimum absolute atomic E-state index is 0.0674. The van der Waals surface area contributed by atoms with E-state index in [0.717, 1.165) is 34.7 Å². The fourth-order valence-electron chi connectivity index (χ4n) is 3.21. The SMILES string of the molecule is CCn1c([C@@H]2NC(=O)c3cccc(C)c3N2)nc2ccccc21. The molecule has 5 nitrogen and oxygen atoms in total. The van der Waals surface area contributed by atoms with Crippen LogP contribution < -0.4 is 10.6 Å². The van der Waals surface area contributed by atoms with Crippen LogP contribution in [0.1, 0.15) is 34.8 Å². The molecule has 1 aromatic heterocycles. The minimum atomic E-state index is -0.330. The van der Waals surface area contributed by atoms with Crippen LogP contribution in [0.4, 0.5) is 5.69 Å². The van der Waals surface area contributed by atoms with Crippen molar-refractivity contribution in [2.24, 2.45) is 0 Å². The van der Waals surface area contributed by atoms with Gasteiger partial charge in [0.05, 0.1) is 22.3 Å². The van der Waals surface area contributed by atoms with Crippen molar-refractivity contribution in [3.8, 4) is 0 Å². The Morgan fingerprint density at radius 3 is 2.78 bits per heavy atom. The number of carbonyl (C=O) groups excluding carboxylic acids is 1. The van der Waals surface area contributed by atoms with E-state index in [1.54, 1.807) is 0 Å². The van der Waals surface area contributed by atoms with Crippen molar-refractivity contribution in [1.29, 1.82) is 0 Å². The van der Waals surface area contributed by atoms with Gasteiger partial charge in [0.15, 0.2) is 12.0 Å². The number of nitrogens with zero attached hydrogens (tertiary/aromatic N) is 2. The van der Waals surface area contributed by atoms with Crippen LogP contribution in [-0.2, 0) is 6.54 Å². The molecule has 2 N–H and O–H groups in total. The number of hydrogen-bond acceptors (Lipinski definition) is 3. The van der Waals surface area contributed by atoms with E-state index >= 15 is 0 Å². The number of hydrogen-bond donors (Lipinski definition) is 2. The molecule has 0 bridgehead atoms. The van der Waals surface area contributed by atoms with Gasteiger partial charge in [-0.2, -0.15) is 0 Å². The van der Waals surface area contributed by atoms with Gasteiger partial charge in [-0.3, -0.25) is 4.79 Å². The van der Waals surface area contributed by atoms with Gasteiger partial charge in [0.25, 0.3) is 5.91 Å². The maximum atomic E-state index is 12.4. The van der Waals surface area contributed by atoms with Crippen LogP contribution in [0.3, 0.4) is 0 Å². The Bertz CT molecular complexity index is 913. The largest absolute Gasteiger partial charge is 0.358 e. The predicted octanol–water partition coefficient (Wildman–Crippen LogP) is 3.22. The summed E-state index contributed by atoms with van der Waals surface area (Å²) >= 11 is 0. The molecule has 23 heavy (non-hydrogen) atoms. The Morgan fingerprint density at radius 2 is 1.96 bits per heavy atom. The third kappa shape index (κ3) is 2.08. The maximum absolute atomic E-state index is 12.4. The quantitative estimate of drug-likeness (QED) is 0.764. The molecule has 0 aliphatic carbocycles. The van der Waals surface area contributed by atoms with Gasteiger partial charge in [-0.15, -0.1) is 0 Å². The summed E-state index contributed by atoms with van der Waals surface area (Å²) in [7, 11) is 0. The van der Waals surface area contributed by atoms with Gasteiger partial charge in [-0.25, -0.2) is 4.98 Å². The van der Waals surface area contributed by atoms with Crippen molar-refractivity contribution in [1.82, 2.24) is 14.9 Å². The van der Waals surface area contributed by atoms with Gasteiger partial charge in [0.2, 0.25) is 0 Å². The summed E-state index contributed by atoms with van der Waals surface area (Å²) in [6.45, 7) is 4.89. The lowest BCUT2D eigenvalue weighted by atomic mass is 10.0. The van der Waals surface area contributed by atoms with E-state index in [4.69, 9.17) is 4.98 Å². The van der Waals surface area contributed by atoms with Crippen LogP contribution in [-0.4, -0.2) is 15.5 Å². The van der Waals surface area contributed by atoms with E-state index in [1.807, 2.05) is 43.3 Å². The van der Waals surface area contributed by atoms with Crippen molar-refractivity contribution in [2.75, 3.05) is 5.32 Å². The fourth-order valence-corrected chi connectivity index (χ4v) is 3.21. The number of fused-ring (bicyclic) bond motifs is 2. The Balaban J connectivity index is 1.84. The molecule has 1 amide bonds. The van der Waals surface area contributed by atoms with E-state index < -0.39 is 0 Å². The monoisotopic (exact) mass is 306 g/mol. The predicted molar refractivity (Wildman–Crippen MR) is 90.4 cm³/mol. The third-order valence-corrected chi connectivity index (χ3v) is 4.34. The van der Waals surface area contributed by atoms with Crippen molar-refractivity contribution in [3.05, 3.63) is 59.4 Å². The van der Waals surface area contributed by atoms with Gasteiger partial charge < -0.3 is 15.2 Å². The molecule has 1 atom stereocenters. The van der Waals surface area contributed by atoms with E-state index in [2.05, 4.69) is 28.2 Å². The molecule has 3 aromatic rings. The Labute approximate surface area is 134 Å². The first kappa shape index (κ1) is 13.8. The van der Waals surface area contributed by atoms with Crippen molar-refractivity contribution in [2.45, 2.75) is 26.6 Å². The fraction of sp³-hybridized carbons (Fsp3) is 0.222. The van der Waals surface area contributed by atoms with E-state index in [9.17, 15) is 4.79 Å². The normalized spacial score (nSPS) is 16.8. The van der Waals surface area contributed by atoms with E-state index in [1.165, 1.54) is 0 Å². The number of aromatic nitrogens is 2. The number of carbonyl (C=O) groups is 1. The molecule has 0 spiro atoms. The summed E-state index contributed by atoms with van der Waals surface area (Å²) in [5.74, 6) is 0.762. The number of benzene rings is 2. The summed E-state index contributed by atoms with van der Waals surface area (Å²) in [4.78, 5) is 17.2. The van der Waals surface area contributed by atoms with Crippen LogP contribution in [0.25, 0.3) is 11.0 Å². The first-order valence-corrected chi connectivity index (χ1v) is 7.81. The zero-order chi connectivity index (χ0) is 16.0. The smallest absolute Gasteiger partial charge is 0.255 e. The lowest BCUT2D eigenvalue weighted by molar-refractivity contribution is 0.0933. The first-order valence-electron chi connectivity index (χ1n) is 7.81. The molecule has 2 aromatic carbocycles. The van der Waals surface area contributed by atoms with Crippen LogP contribution in [0.2, 0.25) is 0 Å². The number of para-hydroxylation sites is 3. The highest BCUT2D eigenvalue weighted by Crippen LogP contribution is 2.30. The summed E-state index contributed by atoms with van der Waals surface area (Å²) < 4.78 is 2.14. The van der Waals surface area contributed by atoms with Crippen molar-refractivity contribution in [3.63, 3.8) is 0 Å². The summed E-state index contributed by atoms with van der Waals surface area (Å²) in [6, 6.07) is 13.8. The van der Waals surface area contributed by atoms with Crippen LogP contribution in [0.15, 0.2) is 42.5 Å². The van der Waals surface area contributed by atoms with Gasteiger partial charge in [0.1, 0.15) is 0 Å². The van der Waals surface area contributed by atoms with Crippen molar-refractivity contribution >= 4 is 22.6 Å². The van der Waals surface area contributed by atoms with Crippen LogP contribution in [0, 0.1) is 6.92 Å². The summed E-state index contributed by atoms with van der Waals surface area (Å²) in [6.07, 6.45) is -0.330. The second-order valence-corrected chi connectivity index (χ2v) is 5.75. The Morgan fingerprint density at radius 1 is 1.13 bits per heavy atom. The van der Waals surface area contributed by atoms with Gasteiger partial charge in [-0.05, 0) is 37.6 Å². The zero-order valence-electron chi connectivity index (χ0n) is 13.1. The average Bonchev–Trinajstić information content (AvgIpc) is 2.94. The van der Waals surface area contributed by atoms with Gasteiger partial charge in [-0.1, -0.05) is 24.3 Å². The number of nitrogens with one attached hydrogen (secondary N) is 2. The number of imidazole rings is 1. The second kappa shape index (κ2) is 5.12. The van der Waals surface area contributed by atoms with Gasteiger partial charge >= 0.3 is 0 Å². The molecule has 0 fully saturated rings. The number of rotatable bonds is 2. The Hall–Kier alpha value is -2.82. The molecule has 0 unspecified atom stereocenters. The molecular weight excluding hydrogens is 288 g/mol. The van der Waals surface area contributed by atoms with E-state index in [-0.39, 0.29) is 12.1 Å². The minimum Gasteiger partial charge on any atom is -0.358 e. The Kier molecular flexibility index (Phi) is 3.08. The highest BCUT2D eigenvalue weighted by atomic mass is 16.2. The molecule has 0 radical (unpaired) electrons. The molecular formula is C18H18N4O. The maximum Gasteiger partial charge on any atom is 0.255 e. The molecule has 2 heterocycles. The highest BCUT2D eigenvalue weighted by molar-refractivity contribution is 6.02. The van der Waals surface area contributed by atoms with Crippen LogP contribution in [0.5, 0.6) is 0 Å². The molecule has 0 saturated heterocycles. The molecule has 116 valence electrons. The topological polar surface area (TPSA) is 59.0 Å². The number of aryl methyl sites for hydroxylation is 2. The molecule has 1 aliphatic rings. The molecule has 5 heteroatoms. The molecule has 4 rings (SSSR count). The summed E-state index contributed by atoms with van der Waals surface area (Å²) in [5.41, 5.74) is 4.64. The second-order valence-electron chi connectivity index (χ2n) is 5.75. The summed E-state index contributed by atoms with van der Waals surface area (Å²) in [5, 5.41) is 6.45. The molecule has 1 aliphatic heterocycles. The third-order valence-electron chi connectivity index (χ3n) is 4.34. The standard InChI is InChI=1S/C18H18N4O/c1-3-22-14-10-5-4-9-13(14)19-17(22)16-20-15-11(2)7-6-8-12(15)18(23)21-16/h4-10,16,20H,3H2,1-2H3,(H,21,23)/t16-/m0/s1. The zero-order valence-corrected chi connectivity index (χ0v) is 13.1. The van der Waals surface area contributed by atoms with Crippen LogP contribution >= 0.6 is 0 Å². The van der Waals surface area contributed by atoms with Crippen molar-refractivity contribution < 1.29 is 4.79 Å².